The first kappa shape index (κ1) is 17.2. The van der Waals surface area contributed by atoms with Gasteiger partial charge < -0.3 is 20.6 Å². The van der Waals surface area contributed by atoms with Crippen LogP contribution in [0.2, 0.25) is 0 Å². The lowest BCUT2D eigenvalue weighted by Gasteiger charge is -2.22. The second-order valence-corrected chi connectivity index (χ2v) is 7.27. The lowest BCUT2D eigenvalue weighted by molar-refractivity contribution is -0.134. The van der Waals surface area contributed by atoms with E-state index in [4.69, 9.17) is 0 Å². The van der Waals surface area contributed by atoms with Gasteiger partial charge in [-0.2, -0.15) is 0 Å². The smallest absolute Gasteiger partial charge is 0.324 e. The summed E-state index contributed by atoms with van der Waals surface area (Å²) in [6.45, 7) is -0.393. The third kappa shape index (κ3) is 2.62. The number of nitrogens with one attached hydrogen (secondary N) is 4. The summed E-state index contributed by atoms with van der Waals surface area (Å²) < 4.78 is 0. The molecular weight excluding hydrogens is 374 g/mol. The van der Waals surface area contributed by atoms with Crippen molar-refractivity contribution in [2.75, 3.05) is 11.9 Å². The number of imide groups is 1. The van der Waals surface area contributed by atoms with E-state index in [0.29, 0.717) is 29.6 Å². The number of anilines is 1. The third-order valence-corrected chi connectivity index (χ3v) is 5.52. The fourth-order valence-corrected chi connectivity index (χ4v) is 4.19. The van der Waals surface area contributed by atoms with Crippen LogP contribution in [0.5, 0.6) is 0 Å². The zero-order valence-corrected chi connectivity index (χ0v) is 15.2. The number of aryl methyl sites for hydroxylation is 1. The van der Waals surface area contributed by atoms with Crippen molar-refractivity contribution in [1.29, 1.82) is 0 Å². The molecule has 2 aromatic carbocycles. The molecule has 146 valence electrons. The van der Waals surface area contributed by atoms with Gasteiger partial charge in [-0.1, -0.05) is 24.3 Å². The van der Waals surface area contributed by atoms with Crippen LogP contribution in [0.1, 0.15) is 17.5 Å². The number of fused-ring (bicyclic) bond motifs is 3. The molecule has 4 N–H and O–H groups in total. The first-order valence-corrected chi connectivity index (χ1v) is 9.21. The fraction of sp³-hybridized carbons (Fsp3) is 0.200. The van der Waals surface area contributed by atoms with Gasteiger partial charge in [-0.05, 0) is 42.2 Å². The zero-order valence-electron chi connectivity index (χ0n) is 15.2. The molecule has 3 aromatic rings. The van der Waals surface area contributed by atoms with Gasteiger partial charge in [0.2, 0.25) is 5.91 Å². The van der Waals surface area contributed by atoms with E-state index in [1.807, 2.05) is 24.3 Å². The van der Waals surface area contributed by atoms with E-state index in [1.165, 1.54) is 0 Å². The molecule has 9 nitrogen and oxygen atoms in total. The van der Waals surface area contributed by atoms with Crippen LogP contribution in [0.25, 0.3) is 11.0 Å². The molecule has 1 spiro atoms. The normalized spacial score (nSPS) is 20.3. The molecule has 5 rings (SSSR count). The highest BCUT2D eigenvalue weighted by molar-refractivity contribution is 6.11. The van der Waals surface area contributed by atoms with Crippen molar-refractivity contribution in [2.45, 2.75) is 18.4 Å². The summed E-state index contributed by atoms with van der Waals surface area (Å²) in [5, 5.41) is 5.46. The zero-order chi connectivity index (χ0) is 20.2. The Balaban J connectivity index is 1.35. The van der Waals surface area contributed by atoms with Gasteiger partial charge in [-0.3, -0.25) is 14.5 Å². The fourth-order valence-electron chi connectivity index (χ4n) is 4.19. The predicted octanol–water partition coefficient (Wildman–Crippen LogP) is 1.19. The molecule has 0 saturated carbocycles. The van der Waals surface area contributed by atoms with Gasteiger partial charge in [0.25, 0.3) is 5.91 Å². The number of hydrogen-bond donors (Lipinski definition) is 4. The van der Waals surface area contributed by atoms with Crippen LogP contribution < -0.4 is 16.3 Å². The van der Waals surface area contributed by atoms with Crippen LogP contribution in [0.4, 0.5) is 10.5 Å². The molecule has 1 saturated heterocycles. The van der Waals surface area contributed by atoms with Gasteiger partial charge in [-0.25, -0.2) is 9.59 Å². The molecule has 1 fully saturated rings. The maximum absolute atomic E-state index is 13.1. The Kier molecular flexibility index (Phi) is 3.60. The Morgan fingerprint density at radius 3 is 2.72 bits per heavy atom. The molecule has 1 aromatic heterocycles. The number of nitrogens with zero attached hydrogens (tertiary/aromatic N) is 1. The second-order valence-electron chi connectivity index (χ2n) is 7.27. The standard InChI is InChI=1S/C20H17N5O4/c26-16(21-12-5-6-14-15(9-12)23-18(28)22-14)10-25-17(27)20(24-19(25)29)8-7-11-3-1-2-4-13(11)20/h1-6,9H,7-8,10H2,(H,21,26)(H,24,29)(H2,22,23,28)/t20-/m1/s1. The largest absolute Gasteiger partial charge is 0.325 e. The maximum atomic E-state index is 13.1. The van der Waals surface area contributed by atoms with Crippen molar-refractivity contribution in [2.24, 2.45) is 0 Å². The Bertz CT molecular complexity index is 1240. The van der Waals surface area contributed by atoms with Crippen LogP contribution >= 0.6 is 0 Å². The molecule has 2 heterocycles. The Morgan fingerprint density at radius 2 is 1.86 bits per heavy atom. The van der Waals surface area contributed by atoms with E-state index in [9.17, 15) is 19.2 Å². The summed E-state index contributed by atoms with van der Waals surface area (Å²) in [6.07, 6.45) is 1.17. The van der Waals surface area contributed by atoms with Crippen molar-refractivity contribution in [3.63, 3.8) is 0 Å². The summed E-state index contributed by atoms with van der Waals surface area (Å²) >= 11 is 0. The molecule has 0 bridgehead atoms. The second kappa shape index (κ2) is 6.06. The van der Waals surface area contributed by atoms with E-state index in [0.717, 1.165) is 16.0 Å². The first-order chi connectivity index (χ1) is 14.0. The highest BCUT2D eigenvalue weighted by Gasteiger charge is 2.55. The number of H-pyrrole nitrogens is 2. The molecule has 2 aliphatic rings. The van der Waals surface area contributed by atoms with Gasteiger partial charge in [0.1, 0.15) is 12.1 Å². The van der Waals surface area contributed by atoms with Gasteiger partial charge >= 0.3 is 11.7 Å². The third-order valence-electron chi connectivity index (χ3n) is 5.52. The first-order valence-electron chi connectivity index (χ1n) is 9.21. The van der Waals surface area contributed by atoms with Gasteiger partial charge in [0.05, 0.1) is 11.0 Å². The molecule has 0 radical (unpaired) electrons. The molecule has 29 heavy (non-hydrogen) atoms. The van der Waals surface area contributed by atoms with Gasteiger partial charge in [-0.15, -0.1) is 0 Å². The number of imidazole rings is 1. The number of benzene rings is 2. The molecule has 1 aliphatic heterocycles. The number of urea groups is 1. The SMILES string of the molecule is O=C(CN1C(=O)N[C@@]2(CCc3ccccc32)C1=O)Nc1ccc2[nH]c(=O)[nH]c2c1. The predicted molar refractivity (Wildman–Crippen MR) is 104 cm³/mol. The number of rotatable bonds is 3. The van der Waals surface area contributed by atoms with Crippen molar-refractivity contribution >= 4 is 34.6 Å². The highest BCUT2D eigenvalue weighted by atomic mass is 16.2. The van der Waals surface area contributed by atoms with Crippen molar-refractivity contribution in [3.05, 3.63) is 64.1 Å². The van der Waals surface area contributed by atoms with Crippen molar-refractivity contribution in [1.82, 2.24) is 20.2 Å². The maximum Gasteiger partial charge on any atom is 0.325 e. The molecular formula is C20H17N5O4. The van der Waals surface area contributed by atoms with Crippen LogP contribution in [0, 0.1) is 0 Å². The summed E-state index contributed by atoms with van der Waals surface area (Å²) in [5.74, 6) is -0.915. The minimum absolute atomic E-state index is 0.343. The lowest BCUT2D eigenvalue weighted by Crippen LogP contribution is -2.42. The number of carbonyl (C=O) groups is 3. The topological polar surface area (TPSA) is 127 Å². The van der Waals surface area contributed by atoms with Gasteiger partial charge in [0, 0.05) is 5.69 Å². The van der Waals surface area contributed by atoms with E-state index in [-0.39, 0.29) is 5.69 Å². The van der Waals surface area contributed by atoms with Crippen LogP contribution in [-0.2, 0) is 21.5 Å². The quantitative estimate of drug-likeness (QED) is 0.500. The van der Waals surface area contributed by atoms with Gasteiger partial charge in [0.15, 0.2) is 0 Å². The average molecular weight is 391 g/mol. The molecule has 1 atom stereocenters. The van der Waals surface area contributed by atoms with Crippen LogP contribution in [0.15, 0.2) is 47.3 Å². The Morgan fingerprint density at radius 1 is 1.07 bits per heavy atom. The monoisotopic (exact) mass is 391 g/mol. The summed E-state index contributed by atoms with van der Waals surface area (Å²) in [5.41, 5.74) is 2.01. The Labute approximate surface area is 164 Å². The molecule has 9 heteroatoms. The number of aromatic nitrogens is 2. The van der Waals surface area contributed by atoms with E-state index >= 15 is 0 Å². The number of aromatic amines is 2. The number of hydrogen-bond acceptors (Lipinski definition) is 4. The minimum atomic E-state index is -1.09. The molecule has 0 unspecified atom stereocenters. The van der Waals surface area contributed by atoms with E-state index in [1.54, 1.807) is 18.2 Å². The van der Waals surface area contributed by atoms with Crippen molar-refractivity contribution < 1.29 is 14.4 Å². The van der Waals surface area contributed by atoms with Crippen molar-refractivity contribution in [3.8, 4) is 0 Å². The average Bonchev–Trinajstić information content (AvgIpc) is 3.32. The lowest BCUT2D eigenvalue weighted by atomic mass is 9.92. The van der Waals surface area contributed by atoms with E-state index in [2.05, 4.69) is 20.6 Å². The summed E-state index contributed by atoms with van der Waals surface area (Å²) in [4.78, 5) is 55.6. The Hall–Kier alpha value is -3.88. The number of amides is 4. The minimum Gasteiger partial charge on any atom is -0.324 e. The van der Waals surface area contributed by atoms with Crippen LogP contribution in [-0.4, -0.2) is 39.3 Å². The summed E-state index contributed by atoms with van der Waals surface area (Å²) in [6, 6.07) is 11.8. The van der Waals surface area contributed by atoms with Crippen LogP contribution in [0.3, 0.4) is 0 Å². The molecule has 4 amide bonds. The highest BCUT2D eigenvalue weighted by Crippen LogP contribution is 2.41. The number of carbonyl (C=O) groups excluding carboxylic acids is 3. The van der Waals surface area contributed by atoms with E-state index < -0.39 is 29.9 Å². The molecule has 1 aliphatic carbocycles. The summed E-state index contributed by atoms with van der Waals surface area (Å²) in [7, 11) is 0.